The number of hydrogen-bond donors (Lipinski definition) is 1. The van der Waals surface area contributed by atoms with Gasteiger partial charge in [0.05, 0.1) is 6.61 Å². The summed E-state index contributed by atoms with van der Waals surface area (Å²) in [4.78, 5) is 1.25. The van der Waals surface area contributed by atoms with Crippen LogP contribution in [0.3, 0.4) is 0 Å². The van der Waals surface area contributed by atoms with E-state index in [9.17, 15) is 0 Å². The topological polar surface area (TPSA) is 20.2 Å². The SMILES string of the molecule is Cc1cc(CO)cc(-c2cccs2)c1. The Morgan fingerprint density at radius 3 is 2.79 bits per heavy atom. The number of hydrogen-bond acceptors (Lipinski definition) is 2. The number of aryl methyl sites for hydroxylation is 1. The second-order valence-corrected chi connectivity index (χ2v) is 4.29. The van der Waals surface area contributed by atoms with Crippen molar-refractivity contribution in [1.29, 1.82) is 0 Å². The third kappa shape index (κ3) is 1.86. The smallest absolute Gasteiger partial charge is 0.0682 e. The normalized spacial score (nSPS) is 10.4. The third-order valence-electron chi connectivity index (χ3n) is 2.13. The Morgan fingerprint density at radius 1 is 1.29 bits per heavy atom. The average molecular weight is 204 g/mol. The van der Waals surface area contributed by atoms with Gasteiger partial charge in [-0.15, -0.1) is 11.3 Å². The molecule has 1 nitrogen and oxygen atoms in total. The van der Waals surface area contributed by atoms with Gasteiger partial charge in [-0.2, -0.15) is 0 Å². The first-order valence-electron chi connectivity index (χ1n) is 4.55. The lowest BCUT2D eigenvalue weighted by Crippen LogP contribution is -1.85. The van der Waals surface area contributed by atoms with Crippen LogP contribution < -0.4 is 0 Å². The molecule has 0 fully saturated rings. The molecule has 2 heteroatoms. The molecule has 0 amide bonds. The van der Waals surface area contributed by atoms with E-state index in [1.807, 2.05) is 18.2 Å². The first kappa shape index (κ1) is 9.44. The molecule has 1 N–H and O–H groups in total. The lowest BCUT2D eigenvalue weighted by molar-refractivity contribution is 0.282. The molecule has 0 atom stereocenters. The van der Waals surface area contributed by atoms with Crippen LogP contribution in [0.5, 0.6) is 0 Å². The lowest BCUT2D eigenvalue weighted by atomic mass is 10.1. The molecule has 0 bridgehead atoms. The number of aliphatic hydroxyl groups excluding tert-OH is 1. The van der Waals surface area contributed by atoms with Crippen LogP contribution in [0.15, 0.2) is 35.7 Å². The summed E-state index contributed by atoms with van der Waals surface area (Å²) in [6, 6.07) is 10.3. The quantitative estimate of drug-likeness (QED) is 0.796. The minimum Gasteiger partial charge on any atom is -0.392 e. The van der Waals surface area contributed by atoms with Crippen molar-refractivity contribution in [3.63, 3.8) is 0 Å². The van der Waals surface area contributed by atoms with Gasteiger partial charge < -0.3 is 5.11 Å². The molecule has 72 valence electrons. The van der Waals surface area contributed by atoms with E-state index in [0.717, 1.165) is 5.56 Å². The van der Waals surface area contributed by atoms with Gasteiger partial charge in [0, 0.05) is 4.88 Å². The summed E-state index contributed by atoms with van der Waals surface area (Å²) >= 11 is 1.72. The molecule has 2 aromatic rings. The predicted molar refractivity (Wildman–Crippen MR) is 60.4 cm³/mol. The summed E-state index contributed by atoms with van der Waals surface area (Å²) in [5, 5.41) is 11.2. The fourth-order valence-corrected chi connectivity index (χ4v) is 2.25. The molecule has 0 aliphatic heterocycles. The van der Waals surface area contributed by atoms with E-state index in [1.54, 1.807) is 11.3 Å². The second kappa shape index (κ2) is 3.95. The van der Waals surface area contributed by atoms with Crippen molar-refractivity contribution >= 4 is 11.3 Å². The molecule has 0 aliphatic carbocycles. The van der Waals surface area contributed by atoms with Crippen molar-refractivity contribution in [2.24, 2.45) is 0 Å². The van der Waals surface area contributed by atoms with Crippen molar-refractivity contribution in [2.45, 2.75) is 13.5 Å². The van der Waals surface area contributed by atoms with E-state index in [-0.39, 0.29) is 6.61 Å². The van der Waals surface area contributed by atoms with Crippen LogP contribution >= 0.6 is 11.3 Å². The van der Waals surface area contributed by atoms with Crippen molar-refractivity contribution in [3.05, 3.63) is 46.8 Å². The highest BCUT2D eigenvalue weighted by atomic mass is 32.1. The van der Waals surface area contributed by atoms with Crippen molar-refractivity contribution in [3.8, 4) is 10.4 Å². The molecule has 0 saturated heterocycles. The fourth-order valence-electron chi connectivity index (χ4n) is 1.54. The van der Waals surface area contributed by atoms with Crippen LogP contribution in [0.4, 0.5) is 0 Å². The van der Waals surface area contributed by atoms with E-state index in [0.29, 0.717) is 0 Å². The molecule has 0 aliphatic rings. The van der Waals surface area contributed by atoms with Gasteiger partial charge in [-0.25, -0.2) is 0 Å². The Bertz CT molecular complexity index is 418. The van der Waals surface area contributed by atoms with E-state index in [1.165, 1.54) is 16.0 Å². The van der Waals surface area contributed by atoms with Crippen LogP contribution in [0.25, 0.3) is 10.4 Å². The molecule has 1 aromatic heterocycles. The first-order valence-corrected chi connectivity index (χ1v) is 5.43. The largest absolute Gasteiger partial charge is 0.392 e. The highest BCUT2D eigenvalue weighted by molar-refractivity contribution is 7.13. The Hall–Kier alpha value is -1.12. The van der Waals surface area contributed by atoms with Crippen LogP contribution in [0.1, 0.15) is 11.1 Å². The van der Waals surface area contributed by atoms with Gasteiger partial charge in [0.25, 0.3) is 0 Å². The number of aliphatic hydroxyl groups is 1. The Kier molecular flexibility index (Phi) is 2.66. The summed E-state index contributed by atoms with van der Waals surface area (Å²) in [6.07, 6.45) is 0. The van der Waals surface area contributed by atoms with Crippen LogP contribution in [-0.4, -0.2) is 5.11 Å². The number of rotatable bonds is 2. The molecule has 0 saturated carbocycles. The highest BCUT2D eigenvalue weighted by Gasteiger charge is 2.01. The summed E-state index contributed by atoms with van der Waals surface area (Å²) in [5.74, 6) is 0. The lowest BCUT2D eigenvalue weighted by Gasteiger charge is -2.03. The fraction of sp³-hybridized carbons (Fsp3) is 0.167. The van der Waals surface area contributed by atoms with Gasteiger partial charge in [-0.05, 0) is 35.6 Å². The van der Waals surface area contributed by atoms with Crippen molar-refractivity contribution in [1.82, 2.24) is 0 Å². The maximum absolute atomic E-state index is 9.09. The van der Waals surface area contributed by atoms with Gasteiger partial charge in [0.15, 0.2) is 0 Å². The first-order chi connectivity index (χ1) is 6.79. The Morgan fingerprint density at radius 2 is 2.14 bits per heavy atom. The zero-order valence-corrected chi connectivity index (χ0v) is 8.84. The van der Waals surface area contributed by atoms with E-state index < -0.39 is 0 Å². The molecule has 1 aromatic carbocycles. The molecule has 0 radical (unpaired) electrons. The van der Waals surface area contributed by atoms with E-state index in [4.69, 9.17) is 5.11 Å². The van der Waals surface area contributed by atoms with Gasteiger partial charge >= 0.3 is 0 Å². The third-order valence-corrected chi connectivity index (χ3v) is 3.04. The molecule has 14 heavy (non-hydrogen) atoms. The zero-order chi connectivity index (χ0) is 9.97. The summed E-state index contributed by atoms with van der Waals surface area (Å²) in [5.41, 5.74) is 3.37. The van der Waals surface area contributed by atoms with Gasteiger partial charge in [0.2, 0.25) is 0 Å². The summed E-state index contributed by atoms with van der Waals surface area (Å²) in [7, 11) is 0. The standard InChI is InChI=1S/C12H12OS/c1-9-5-10(8-13)7-11(6-9)12-3-2-4-14-12/h2-7,13H,8H2,1H3. The van der Waals surface area contributed by atoms with Crippen molar-refractivity contribution < 1.29 is 5.11 Å². The van der Waals surface area contributed by atoms with Crippen molar-refractivity contribution in [2.75, 3.05) is 0 Å². The molecule has 0 unspecified atom stereocenters. The van der Waals surface area contributed by atoms with Crippen LogP contribution in [-0.2, 0) is 6.61 Å². The maximum atomic E-state index is 9.09. The molecule has 1 heterocycles. The average Bonchev–Trinajstić information content (AvgIpc) is 2.69. The minimum absolute atomic E-state index is 0.111. The zero-order valence-electron chi connectivity index (χ0n) is 8.03. The molecule has 2 rings (SSSR count). The van der Waals surface area contributed by atoms with E-state index >= 15 is 0 Å². The molecule has 0 spiro atoms. The summed E-state index contributed by atoms with van der Waals surface area (Å²) in [6.45, 7) is 2.16. The second-order valence-electron chi connectivity index (χ2n) is 3.34. The number of benzene rings is 1. The van der Waals surface area contributed by atoms with E-state index in [2.05, 4.69) is 24.4 Å². The highest BCUT2D eigenvalue weighted by Crippen LogP contribution is 2.26. The number of thiophene rings is 1. The molecular formula is C12H12OS. The minimum atomic E-state index is 0.111. The summed E-state index contributed by atoms with van der Waals surface area (Å²) < 4.78 is 0. The van der Waals surface area contributed by atoms with Gasteiger partial charge in [-0.1, -0.05) is 23.8 Å². The monoisotopic (exact) mass is 204 g/mol. The van der Waals surface area contributed by atoms with Gasteiger partial charge in [0.1, 0.15) is 0 Å². The van der Waals surface area contributed by atoms with Gasteiger partial charge in [-0.3, -0.25) is 0 Å². The Balaban J connectivity index is 2.48. The molecular weight excluding hydrogens is 192 g/mol. The van der Waals surface area contributed by atoms with Crippen LogP contribution in [0, 0.1) is 6.92 Å². The predicted octanol–water partition coefficient (Wildman–Crippen LogP) is 3.22. The van der Waals surface area contributed by atoms with Crippen LogP contribution in [0.2, 0.25) is 0 Å². The Labute approximate surface area is 87.7 Å². The maximum Gasteiger partial charge on any atom is 0.0682 e.